The summed E-state index contributed by atoms with van der Waals surface area (Å²) in [6.45, 7) is 8.00. The van der Waals surface area contributed by atoms with E-state index in [1.165, 1.54) is 5.56 Å². The van der Waals surface area contributed by atoms with E-state index in [9.17, 15) is 4.79 Å². The third-order valence-corrected chi connectivity index (χ3v) is 3.55. The van der Waals surface area contributed by atoms with Crippen molar-refractivity contribution in [2.45, 2.75) is 33.2 Å². The molecule has 0 spiro atoms. The van der Waals surface area contributed by atoms with Gasteiger partial charge in [0.05, 0.1) is 6.54 Å². The summed E-state index contributed by atoms with van der Waals surface area (Å²) in [6.07, 6.45) is 0.938. The molecule has 0 fully saturated rings. The van der Waals surface area contributed by atoms with Gasteiger partial charge in [-0.2, -0.15) is 0 Å². The first kappa shape index (κ1) is 16.0. The van der Waals surface area contributed by atoms with Gasteiger partial charge in [-0.05, 0) is 38.0 Å². The van der Waals surface area contributed by atoms with Crippen LogP contribution in [0.4, 0.5) is 0 Å². The Kier molecular flexibility index (Phi) is 6.89. The summed E-state index contributed by atoms with van der Waals surface area (Å²) in [5, 5.41) is 4.05. The number of nitrogens with zero attached hydrogens (tertiary/aromatic N) is 1. The van der Waals surface area contributed by atoms with Gasteiger partial charge in [0.1, 0.15) is 0 Å². The average molecular weight is 283 g/mol. The molecule has 0 aromatic heterocycles. The molecule has 1 unspecified atom stereocenters. The summed E-state index contributed by atoms with van der Waals surface area (Å²) in [5.74, 6) is 0.150. The first-order chi connectivity index (χ1) is 9.12. The highest BCUT2D eigenvalue weighted by Crippen LogP contribution is 2.18. The fourth-order valence-corrected chi connectivity index (χ4v) is 2.22. The zero-order chi connectivity index (χ0) is 14.3. The van der Waals surface area contributed by atoms with Gasteiger partial charge in [-0.1, -0.05) is 30.7 Å². The topological polar surface area (TPSA) is 32.3 Å². The van der Waals surface area contributed by atoms with Gasteiger partial charge < -0.3 is 10.2 Å². The molecule has 19 heavy (non-hydrogen) atoms. The highest BCUT2D eigenvalue weighted by molar-refractivity contribution is 6.30. The molecule has 1 atom stereocenters. The van der Waals surface area contributed by atoms with Crippen LogP contribution in [0.2, 0.25) is 5.02 Å². The summed E-state index contributed by atoms with van der Waals surface area (Å²) in [5.41, 5.74) is 1.17. The van der Waals surface area contributed by atoms with E-state index >= 15 is 0 Å². The van der Waals surface area contributed by atoms with Crippen molar-refractivity contribution >= 4 is 17.5 Å². The van der Waals surface area contributed by atoms with Crippen LogP contribution in [0.5, 0.6) is 0 Å². The van der Waals surface area contributed by atoms with Crippen LogP contribution in [0, 0.1) is 0 Å². The minimum Gasteiger partial charge on any atom is -0.342 e. The van der Waals surface area contributed by atoms with E-state index < -0.39 is 0 Å². The third kappa shape index (κ3) is 4.84. The second-order valence-electron chi connectivity index (χ2n) is 4.46. The second kappa shape index (κ2) is 8.18. The summed E-state index contributed by atoms with van der Waals surface area (Å²) in [7, 11) is 0. The van der Waals surface area contributed by atoms with Gasteiger partial charge in [0, 0.05) is 24.2 Å². The second-order valence-corrected chi connectivity index (χ2v) is 4.90. The normalized spacial score (nSPS) is 12.2. The predicted octanol–water partition coefficient (Wildman–Crippen LogP) is 3.25. The molecule has 1 aromatic carbocycles. The van der Waals surface area contributed by atoms with Crippen molar-refractivity contribution < 1.29 is 4.79 Å². The molecule has 0 heterocycles. The first-order valence-electron chi connectivity index (χ1n) is 6.88. The summed E-state index contributed by atoms with van der Waals surface area (Å²) in [4.78, 5) is 13.8. The van der Waals surface area contributed by atoms with E-state index in [1.807, 2.05) is 43.0 Å². The number of hydrogen-bond acceptors (Lipinski definition) is 2. The lowest BCUT2D eigenvalue weighted by atomic mass is 10.0. The van der Waals surface area contributed by atoms with Crippen LogP contribution < -0.4 is 5.32 Å². The van der Waals surface area contributed by atoms with Crippen LogP contribution in [0.25, 0.3) is 0 Å². The molecular weight excluding hydrogens is 260 g/mol. The smallest absolute Gasteiger partial charge is 0.236 e. The van der Waals surface area contributed by atoms with Gasteiger partial charge >= 0.3 is 0 Å². The maximum Gasteiger partial charge on any atom is 0.236 e. The summed E-state index contributed by atoms with van der Waals surface area (Å²) >= 11 is 5.89. The summed E-state index contributed by atoms with van der Waals surface area (Å²) < 4.78 is 0. The Bertz CT molecular complexity index is 388. The minimum absolute atomic E-state index is 0.150. The minimum atomic E-state index is 0.150. The van der Waals surface area contributed by atoms with Crippen LogP contribution in [-0.4, -0.2) is 30.4 Å². The van der Waals surface area contributed by atoms with Crippen molar-refractivity contribution in [1.29, 1.82) is 0 Å². The van der Waals surface area contributed by atoms with E-state index in [0.717, 1.165) is 24.5 Å². The molecule has 0 saturated carbocycles. The van der Waals surface area contributed by atoms with Crippen LogP contribution in [0.15, 0.2) is 24.3 Å². The number of carbonyl (C=O) groups is 1. The van der Waals surface area contributed by atoms with Gasteiger partial charge in [0.25, 0.3) is 0 Å². The SMILES string of the molecule is CCC(NCC(=O)N(CC)CC)c1ccc(Cl)cc1. The van der Waals surface area contributed by atoms with Crippen LogP contribution >= 0.6 is 11.6 Å². The fraction of sp³-hybridized carbons (Fsp3) is 0.533. The van der Waals surface area contributed by atoms with E-state index in [1.54, 1.807) is 0 Å². The molecule has 0 bridgehead atoms. The number of nitrogens with one attached hydrogen (secondary N) is 1. The molecule has 0 saturated heterocycles. The number of amides is 1. The lowest BCUT2D eigenvalue weighted by Crippen LogP contribution is -2.39. The number of hydrogen-bond donors (Lipinski definition) is 1. The molecule has 106 valence electrons. The van der Waals surface area contributed by atoms with Crippen molar-refractivity contribution in [2.24, 2.45) is 0 Å². The van der Waals surface area contributed by atoms with Gasteiger partial charge in [0.2, 0.25) is 5.91 Å². The Morgan fingerprint density at radius 1 is 1.21 bits per heavy atom. The zero-order valence-electron chi connectivity index (χ0n) is 11.9. The van der Waals surface area contributed by atoms with Crippen molar-refractivity contribution in [3.8, 4) is 0 Å². The molecule has 0 aliphatic rings. The van der Waals surface area contributed by atoms with Gasteiger partial charge in [-0.3, -0.25) is 4.79 Å². The number of likely N-dealkylation sites (N-methyl/N-ethyl adjacent to an activating group) is 1. The molecule has 1 N–H and O–H groups in total. The maximum atomic E-state index is 12.0. The molecular formula is C15H23ClN2O. The van der Waals surface area contributed by atoms with Gasteiger partial charge in [0.15, 0.2) is 0 Å². The van der Waals surface area contributed by atoms with Crippen molar-refractivity contribution in [3.05, 3.63) is 34.9 Å². The van der Waals surface area contributed by atoms with Crippen LogP contribution in [0.3, 0.4) is 0 Å². The van der Waals surface area contributed by atoms with Crippen LogP contribution in [0.1, 0.15) is 38.8 Å². The standard InChI is InChI=1S/C15H23ClN2O/c1-4-14(12-7-9-13(16)10-8-12)17-11-15(19)18(5-2)6-3/h7-10,14,17H,4-6,11H2,1-3H3. The first-order valence-corrected chi connectivity index (χ1v) is 7.26. The van der Waals surface area contributed by atoms with Crippen molar-refractivity contribution in [3.63, 3.8) is 0 Å². The third-order valence-electron chi connectivity index (χ3n) is 3.30. The zero-order valence-corrected chi connectivity index (χ0v) is 12.7. The Morgan fingerprint density at radius 3 is 2.26 bits per heavy atom. The number of carbonyl (C=O) groups excluding carboxylic acids is 1. The molecule has 1 amide bonds. The van der Waals surface area contributed by atoms with E-state index in [2.05, 4.69) is 12.2 Å². The lowest BCUT2D eigenvalue weighted by Gasteiger charge is -2.22. The fourth-order valence-electron chi connectivity index (χ4n) is 2.09. The largest absolute Gasteiger partial charge is 0.342 e. The highest BCUT2D eigenvalue weighted by atomic mass is 35.5. The molecule has 1 rings (SSSR count). The molecule has 0 aliphatic carbocycles. The van der Waals surface area contributed by atoms with Crippen molar-refractivity contribution in [1.82, 2.24) is 10.2 Å². The molecule has 0 aliphatic heterocycles. The van der Waals surface area contributed by atoms with Gasteiger partial charge in [-0.25, -0.2) is 0 Å². The number of benzene rings is 1. The quantitative estimate of drug-likeness (QED) is 0.833. The van der Waals surface area contributed by atoms with E-state index in [-0.39, 0.29) is 11.9 Å². The Morgan fingerprint density at radius 2 is 1.79 bits per heavy atom. The maximum absolute atomic E-state index is 12.0. The Labute approximate surface area is 120 Å². The van der Waals surface area contributed by atoms with Gasteiger partial charge in [-0.15, -0.1) is 0 Å². The molecule has 4 heteroatoms. The lowest BCUT2D eigenvalue weighted by molar-refractivity contribution is -0.130. The molecule has 3 nitrogen and oxygen atoms in total. The number of rotatable bonds is 7. The van der Waals surface area contributed by atoms with E-state index in [4.69, 9.17) is 11.6 Å². The molecule has 0 radical (unpaired) electrons. The highest BCUT2D eigenvalue weighted by Gasteiger charge is 2.13. The Balaban J connectivity index is 2.58. The van der Waals surface area contributed by atoms with Crippen molar-refractivity contribution in [2.75, 3.05) is 19.6 Å². The molecule has 1 aromatic rings. The monoisotopic (exact) mass is 282 g/mol. The van der Waals surface area contributed by atoms with E-state index in [0.29, 0.717) is 6.54 Å². The predicted molar refractivity (Wildman–Crippen MR) is 80.4 cm³/mol. The average Bonchev–Trinajstić information content (AvgIpc) is 2.42. The summed E-state index contributed by atoms with van der Waals surface area (Å²) in [6, 6.07) is 7.97. The number of halogens is 1. The Hall–Kier alpha value is -1.06. The van der Waals surface area contributed by atoms with Crippen LogP contribution in [-0.2, 0) is 4.79 Å².